The molecule has 0 aromatic carbocycles. The van der Waals surface area contributed by atoms with Crippen LogP contribution in [0.2, 0.25) is 0 Å². The minimum atomic E-state index is -4.08. The normalized spacial score (nSPS) is 19.0. The highest BCUT2D eigenvalue weighted by Gasteiger charge is 2.40. The summed E-state index contributed by atoms with van der Waals surface area (Å²) in [6, 6.07) is 3.03. The summed E-state index contributed by atoms with van der Waals surface area (Å²) in [7, 11) is -4.08. The maximum atomic E-state index is 13.1. The molecular formula is C14H18N6O4S. The van der Waals surface area contributed by atoms with Crippen molar-refractivity contribution in [3.8, 4) is 0 Å². The van der Waals surface area contributed by atoms with Crippen LogP contribution >= 0.6 is 0 Å². The van der Waals surface area contributed by atoms with Gasteiger partial charge in [0, 0.05) is 32.0 Å². The number of nitro groups is 1. The fourth-order valence-electron chi connectivity index (χ4n) is 2.82. The summed E-state index contributed by atoms with van der Waals surface area (Å²) in [5.41, 5.74) is 0.726. The van der Waals surface area contributed by atoms with Crippen molar-refractivity contribution in [1.29, 1.82) is 0 Å². The van der Waals surface area contributed by atoms with E-state index in [-0.39, 0.29) is 11.4 Å². The summed E-state index contributed by atoms with van der Waals surface area (Å²) in [5.74, 6) is -0.648. The van der Waals surface area contributed by atoms with Crippen molar-refractivity contribution in [3.63, 3.8) is 0 Å². The van der Waals surface area contributed by atoms with Crippen molar-refractivity contribution in [1.82, 2.24) is 24.4 Å². The van der Waals surface area contributed by atoms with Gasteiger partial charge in [0.15, 0.2) is 0 Å². The fraction of sp³-hybridized carbons (Fsp3) is 0.429. The van der Waals surface area contributed by atoms with Crippen molar-refractivity contribution in [2.75, 3.05) is 19.6 Å². The Labute approximate surface area is 144 Å². The van der Waals surface area contributed by atoms with Crippen LogP contribution in [0.4, 0.5) is 5.82 Å². The Morgan fingerprint density at radius 3 is 2.92 bits per heavy atom. The van der Waals surface area contributed by atoms with Gasteiger partial charge in [-0.05, 0) is 23.5 Å². The molecule has 10 nitrogen and oxygen atoms in total. The minimum absolute atomic E-state index is 0.205. The van der Waals surface area contributed by atoms with Gasteiger partial charge in [-0.3, -0.25) is 4.98 Å². The first-order chi connectivity index (χ1) is 11.9. The molecule has 0 saturated carbocycles. The van der Waals surface area contributed by atoms with Crippen molar-refractivity contribution in [3.05, 3.63) is 46.4 Å². The van der Waals surface area contributed by atoms with Crippen LogP contribution in [0.5, 0.6) is 0 Å². The predicted octanol–water partition coefficient (Wildman–Crippen LogP) is 0.541. The van der Waals surface area contributed by atoms with Gasteiger partial charge in [0.1, 0.15) is 0 Å². The highest BCUT2D eigenvalue weighted by atomic mass is 32.2. The Morgan fingerprint density at radius 1 is 1.48 bits per heavy atom. The Balaban J connectivity index is 2.06. The summed E-state index contributed by atoms with van der Waals surface area (Å²) in [6.07, 6.45) is 4.43. The molecule has 0 bridgehead atoms. The molecule has 2 aromatic rings. The Morgan fingerprint density at radius 2 is 2.28 bits per heavy atom. The maximum Gasteiger partial charge on any atom is 0.410 e. The molecule has 1 aliphatic rings. The molecule has 0 amide bonds. The second kappa shape index (κ2) is 6.86. The summed E-state index contributed by atoms with van der Waals surface area (Å²) < 4.78 is 28.8. The van der Waals surface area contributed by atoms with E-state index in [1.807, 2.05) is 0 Å². The molecule has 1 saturated heterocycles. The summed E-state index contributed by atoms with van der Waals surface area (Å²) in [6.45, 7) is 3.14. The van der Waals surface area contributed by atoms with E-state index in [9.17, 15) is 18.5 Å². The molecule has 25 heavy (non-hydrogen) atoms. The molecule has 2 aromatic heterocycles. The fourth-order valence-corrected chi connectivity index (χ4v) is 4.54. The number of nitrogens with one attached hydrogen (secondary N) is 1. The molecule has 1 atom stereocenters. The molecule has 3 rings (SSSR count). The Hall–Kier alpha value is -2.37. The van der Waals surface area contributed by atoms with E-state index in [1.54, 1.807) is 31.5 Å². The number of aryl methyl sites for hydroxylation is 1. The molecule has 11 heteroatoms. The van der Waals surface area contributed by atoms with Gasteiger partial charge in [-0.15, -0.1) is 0 Å². The lowest BCUT2D eigenvalue weighted by molar-refractivity contribution is -0.392. The van der Waals surface area contributed by atoms with Gasteiger partial charge < -0.3 is 15.4 Å². The van der Waals surface area contributed by atoms with Crippen LogP contribution in [0.3, 0.4) is 0 Å². The van der Waals surface area contributed by atoms with Crippen LogP contribution in [0.15, 0.2) is 35.6 Å². The topological polar surface area (TPSA) is 123 Å². The van der Waals surface area contributed by atoms with E-state index in [1.165, 1.54) is 15.2 Å². The Bertz CT molecular complexity index is 867. The zero-order valence-electron chi connectivity index (χ0n) is 13.6. The molecular weight excluding hydrogens is 348 g/mol. The lowest BCUT2D eigenvalue weighted by atomic mass is 10.1. The van der Waals surface area contributed by atoms with Crippen molar-refractivity contribution in [2.45, 2.75) is 24.4 Å². The molecule has 134 valence electrons. The van der Waals surface area contributed by atoms with Crippen LogP contribution in [0.1, 0.15) is 18.5 Å². The standard InChI is InChI=1S/C14H18N6O4S/c1-2-18-10-13(14(17-18)20(21)22)25(23,24)19-7-6-16-9-12(19)11-4-3-5-15-8-11/h3-5,8,10,12,16H,2,6-7,9H2,1H3. The third-order valence-corrected chi connectivity index (χ3v) is 5.96. The zero-order chi connectivity index (χ0) is 18.0. The van der Waals surface area contributed by atoms with E-state index < -0.39 is 26.8 Å². The number of rotatable bonds is 5. The average Bonchev–Trinajstić information content (AvgIpc) is 3.08. The van der Waals surface area contributed by atoms with Crippen LogP contribution in [0.25, 0.3) is 0 Å². The molecule has 0 radical (unpaired) electrons. The van der Waals surface area contributed by atoms with Crippen LogP contribution in [0, 0.1) is 10.1 Å². The smallest absolute Gasteiger partial charge is 0.358 e. The summed E-state index contributed by atoms with van der Waals surface area (Å²) in [4.78, 5) is 14.2. The van der Waals surface area contributed by atoms with Gasteiger partial charge in [-0.1, -0.05) is 6.07 Å². The first kappa shape index (κ1) is 17.5. The number of aromatic nitrogens is 3. The molecule has 3 heterocycles. The molecule has 0 aliphatic carbocycles. The van der Waals surface area contributed by atoms with E-state index in [0.29, 0.717) is 19.6 Å². The van der Waals surface area contributed by atoms with E-state index in [2.05, 4.69) is 15.4 Å². The van der Waals surface area contributed by atoms with Gasteiger partial charge in [-0.25, -0.2) is 8.42 Å². The van der Waals surface area contributed by atoms with Crippen LogP contribution in [-0.4, -0.2) is 52.0 Å². The monoisotopic (exact) mass is 366 g/mol. The highest BCUT2D eigenvalue weighted by Crippen LogP contribution is 2.32. The predicted molar refractivity (Wildman–Crippen MR) is 88.3 cm³/mol. The molecule has 1 aliphatic heterocycles. The van der Waals surface area contributed by atoms with Gasteiger partial charge in [-0.2, -0.15) is 8.99 Å². The Kier molecular flexibility index (Phi) is 4.79. The third kappa shape index (κ3) is 3.25. The highest BCUT2D eigenvalue weighted by molar-refractivity contribution is 7.89. The second-order valence-corrected chi connectivity index (χ2v) is 7.41. The largest absolute Gasteiger partial charge is 0.410 e. The summed E-state index contributed by atoms with van der Waals surface area (Å²) in [5, 5.41) is 18.2. The summed E-state index contributed by atoms with van der Waals surface area (Å²) >= 11 is 0. The number of pyridine rings is 1. The van der Waals surface area contributed by atoms with Crippen LogP contribution < -0.4 is 5.32 Å². The first-order valence-corrected chi connectivity index (χ1v) is 9.23. The second-order valence-electron chi connectivity index (χ2n) is 5.55. The minimum Gasteiger partial charge on any atom is -0.358 e. The van der Waals surface area contributed by atoms with Crippen molar-refractivity contribution >= 4 is 15.8 Å². The van der Waals surface area contributed by atoms with E-state index in [4.69, 9.17) is 0 Å². The number of hydrogen-bond donors (Lipinski definition) is 1. The zero-order valence-corrected chi connectivity index (χ0v) is 14.4. The van der Waals surface area contributed by atoms with E-state index >= 15 is 0 Å². The number of hydrogen-bond acceptors (Lipinski definition) is 7. The van der Waals surface area contributed by atoms with Crippen molar-refractivity contribution < 1.29 is 13.3 Å². The number of sulfonamides is 1. The van der Waals surface area contributed by atoms with Crippen molar-refractivity contribution in [2.24, 2.45) is 0 Å². The molecule has 1 N–H and O–H groups in total. The van der Waals surface area contributed by atoms with Gasteiger partial charge in [0.05, 0.1) is 23.9 Å². The van der Waals surface area contributed by atoms with Gasteiger partial charge >= 0.3 is 5.82 Å². The first-order valence-electron chi connectivity index (χ1n) is 7.79. The average molecular weight is 366 g/mol. The number of piperazine rings is 1. The SMILES string of the molecule is CCn1cc(S(=O)(=O)N2CCNCC2c2cccnc2)c([N+](=O)[O-])n1. The lowest BCUT2D eigenvalue weighted by Crippen LogP contribution is -2.48. The quantitative estimate of drug-likeness (QED) is 0.605. The lowest BCUT2D eigenvalue weighted by Gasteiger charge is -2.34. The van der Waals surface area contributed by atoms with Crippen LogP contribution in [-0.2, 0) is 16.6 Å². The van der Waals surface area contributed by atoms with Gasteiger partial charge in [0.2, 0.25) is 4.90 Å². The number of nitrogens with zero attached hydrogens (tertiary/aromatic N) is 5. The maximum absolute atomic E-state index is 13.1. The third-order valence-electron chi connectivity index (χ3n) is 4.06. The molecule has 1 unspecified atom stereocenters. The molecule has 1 fully saturated rings. The van der Waals surface area contributed by atoms with Gasteiger partial charge in [0.25, 0.3) is 10.0 Å². The molecule has 0 spiro atoms. The van der Waals surface area contributed by atoms with E-state index in [0.717, 1.165) is 5.56 Å².